The first kappa shape index (κ1) is 15.7. The number of rotatable bonds is 6. The molecule has 21 heavy (non-hydrogen) atoms. The molecule has 3 nitrogen and oxygen atoms in total. The minimum absolute atomic E-state index is 0.109. The average molecular weight is 348 g/mol. The van der Waals surface area contributed by atoms with E-state index in [0.29, 0.717) is 12.1 Å². The molecule has 0 atom stereocenters. The number of carbonyl (C=O) groups is 1. The van der Waals surface area contributed by atoms with Gasteiger partial charge in [0.25, 0.3) is 0 Å². The zero-order chi connectivity index (χ0) is 15.2. The van der Waals surface area contributed by atoms with Gasteiger partial charge in [-0.15, -0.1) is 0 Å². The van der Waals surface area contributed by atoms with E-state index in [-0.39, 0.29) is 5.78 Å². The van der Waals surface area contributed by atoms with Crippen LogP contribution in [0.3, 0.4) is 0 Å². The van der Waals surface area contributed by atoms with Gasteiger partial charge < -0.3 is 4.74 Å². The summed E-state index contributed by atoms with van der Waals surface area (Å²) in [5.74, 6) is 0.868. The average Bonchev–Trinajstić information content (AvgIpc) is 2.49. The van der Waals surface area contributed by atoms with Gasteiger partial charge in [-0.3, -0.25) is 9.69 Å². The first-order valence-electron chi connectivity index (χ1n) is 6.68. The lowest BCUT2D eigenvalue weighted by Crippen LogP contribution is -2.25. The first-order chi connectivity index (χ1) is 10.1. The van der Waals surface area contributed by atoms with Crippen molar-refractivity contribution in [1.82, 2.24) is 4.90 Å². The lowest BCUT2D eigenvalue weighted by atomic mass is 10.1. The molecule has 0 heterocycles. The largest absolute Gasteiger partial charge is 0.497 e. The maximum atomic E-state index is 12.2. The van der Waals surface area contributed by atoms with Gasteiger partial charge in [-0.05, 0) is 49.0 Å². The van der Waals surface area contributed by atoms with Crippen molar-refractivity contribution in [3.8, 4) is 5.75 Å². The lowest BCUT2D eigenvalue weighted by Gasteiger charge is -2.16. The molecular formula is C17H18BrNO2. The van der Waals surface area contributed by atoms with Crippen molar-refractivity contribution in [3.05, 3.63) is 64.1 Å². The van der Waals surface area contributed by atoms with Crippen molar-refractivity contribution < 1.29 is 9.53 Å². The Labute approximate surface area is 133 Å². The molecule has 0 bridgehead atoms. The number of carbonyl (C=O) groups excluding carboxylic acids is 1. The van der Waals surface area contributed by atoms with E-state index >= 15 is 0 Å². The predicted octanol–water partition coefficient (Wildman–Crippen LogP) is 3.77. The topological polar surface area (TPSA) is 29.5 Å². The Balaban J connectivity index is 1.93. The van der Waals surface area contributed by atoms with Crippen LogP contribution in [0.15, 0.2) is 53.0 Å². The van der Waals surface area contributed by atoms with Crippen molar-refractivity contribution in [3.63, 3.8) is 0 Å². The van der Waals surface area contributed by atoms with Crippen molar-refractivity contribution in [2.24, 2.45) is 0 Å². The van der Waals surface area contributed by atoms with Crippen molar-refractivity contribution >= 4 is 21.7 Å². The number of likely N-dealkylation sites (N-methyl/N-ethyl adjacent to an activating group) is 1. The summed E-state index contributed by atoms with van der Waals surface area (Å²) < 4.78 is 6.15. The Kier molecular flexibility index (Phi) is 5.53. The normalized spacial score (nSPS) is 10.7. The van der Waals surface area contributed by atoms with Crippen LogP contribution in [0, 0.1) is 0 Å². The van der Waals surface area contributed by atoms with E-state index < -0.39 is 0 Å². The van der Waals surface area contributed by atoms with Crippen LogP contribution < -0.4 is 4.74 Å². The highest BCUT2D eigenvalue weighted by Crippen LogP contribution is 2.14. The summed E-state index contributed by atoms with van der Waals surface area (Å²) in [4.78, 5) is 14.2. The van der Waals surface area contributed by atoms with Crippen LogP contribution >= 0.6 is 15.9 Å². The fourth-order valence-electron chi connectivity index (χ4n) is 2.07. The molecule has 0 amide bonds. The fourth-order valence-corrected chi connectivity index (χ4v) is 2.34. The van der Waals surface area contributed by atoms with Crippen molar-refractivity contribution in [2.75, 3.05) is 20.7 Å². The minimum Gasteiger partial charge on any atom is -0.497 e. The number of methoxy groups -OCH3 is 1. The van der Waals surface area contributed by atoms with Crippen LogP contribution in [0.2, 0.25) is 0 Å². The highest BCUT2D eigenvalue weighted by Gasteiger charge is 2.10. The quantitative estimate of drug-likeness (QED) is 0.745. The van der Waals surface area contributed by atoms with Gasteiger partial charge in [0.05, 0.1) is 13.7 Å². The highest BCUT2D eigenvalue weighted by atomic mass is 79.9. The minimum atomic E-state index is 0.109. The number of hydrogen-bond donors (Lipinski definition) is 0. The number of ether oxygens (including phenoxy) is 1. The third kappa shape index (κ3) is 4.69. The summed E-state index contributed by atoms with van der Waals surface area (Å²) in [5, 5.41) is 0. The molecule has 0 spiro atoms. The van der Waals surface area contributed by atoms with Crippen molar-refractivity contribution in [1.29, 1.82) is 0 Å². The van der Waals surface area contributed by atoms with E-state index in [4.69, 9.17) is 4.74 Å². The van der Waals surface area contributed by atoms with Gasteiger partial charge in [-0.25, -0.2) is 0 Å². The van der Waals surface area contributed by atoms with E-state index in [1.165, 1.54) is 5.56 Å². The van der Waals surface area contributed by atoms with Crippen LogP contribution in [-0.2, 0) is 6.54 Å². The Bertz CT molecular complexity index is 593. The molecule has 2 rings (SSSR count). The molecule has 0 N–H and O–H groups in total. The van der Waals surface area contributed by atoms with Gasteiger partial charge in [-0.1, -0.05) is 28.1 Å². The first-order valence-corrected chi connectivity index (χ1v) is 7.48. The summed E-state index contributed by atoms with van der Waals surface area (Å²) in [5.41, 5.74) is 1.89. The summed E-state index contributed by atoms with van der Waals surface area (Å²) in [6, 6.07) is 15.3. The maximum Gasteiger partial charge on any atom is 0.176 e. The third-order valence-corrected chi connectivity index (χ3v) is 3.72. The van der Waals surface area contributed by atoms with Crippen LogP contribution in [-0.4, -0.2) is 31.4 Å². The van der Waals surface area contributed by atoms with Gasteiger partial charge in [0.1, 0.15) is 5.75 Å². The molecule has 0 aliphatic rings. The molecule has 2 aromatic rings. The molecule has 0 aliphatic carbocycles. The van der Waals surface area contributed by atoms with Gasteiger partial charge in [0.15, 0.2) is 5.78 Å². The molecule has 0 saturated carbocycles. The zero-order valence-corrected chi connectivity index (χ0v) is 13.8. The molecule has 2 aromatic carbocycles. The van der Waals surface area contributed by atoms with Gasteiger partial charge in [-0.2, -0.15) is 0 Å². The molecule has 0 aromatic heterocycles. The molecule has 4 heteroatoms. The maximum absolute atomic E-state index is 12.2. The number of Topliss-reactive ketones (excluding diaryl/α,β-unsaturated/α-hetero) is 1. The van der Waals surface area contributed by atoms with Crippen LogP contribution in [0.1, 0.15) is 15.9 Å². The van der Waals surface area contributed by atoms with E-state index in [1.807, 2.05) is 36.2 Å². The van der Waals surface area contributed by atoms with Gasteiger partial charge in [0, 0.05) is 16.6 Å². The van der Waals surface area contributed by atoms with Gasteiger partial charge >= 0.3 is 0 Å². The Morgan fingerprint density at radius 1 is 1.10 bits per heavy atom. The molecule has 0 radical (unpaired) electrons. The number of hydrogen-bond acceptors (Lipinski definition) is 3. The number of nitrogens with zero attached hydrogens (tertiary/aromatic N) is 1. The van der Waals surface area contributed by atoms with E-state index in [1.54, 1.807) is 19.2 Å². The second-order valence-electron chi connectivity index (χ2n) is 4.95. The van der Waals surface area contributed by atoms with Crippen LogP contribution in [0.25, 0.3) is 0 Å². The molecule has 0 saturated heterocycles. The Morgan fingerprint density at radius 2 is 1.71 bits per heavy atom. The molecule has 0 fully saturated rings. The molecule has 0 unspecified atom stereocenters. The fraction of sp³-hybridized carbons (Fsp3) is 0.235. The Hall–Kier alpha value is -1.65. The zero-order valence-electron chi connectivity index (χ0n) is 12.2. The standard InChI is InChI=1S/C17H18BrNO2/c1-19(11-13-3-7-15(18)8-4-13)12-17(20)14-5-9-16(21-2)10-6-14/h3-10H,11-12H2,1-2H3. The summed E-state index contributed by atoms with van der Waals surface area (Å²) >= 11 is 3.42. The van der Waals surface area contributed by atoms with E-state index in [0.717, 1.165) is 16.8 Å². The lowest BCUT2D eigenvalue weighted by molar-refractivity contribution is 0.0943. The molecule has 0 aliphatic heterocycles. The predicted molar refractivity (Wildman–Crippen MR) is 87.8 cm³/mol. The molecular weight excluding hydrogens is 330 g/mol. The van der Waals surface area contributed by atoms with Gasteiger partial charge in [0.2, 0.25) is 0 Å². The number of halogens is 1. The van der Waals surface area contributed by atoms with E-state index in [2.05, 4.69) is 28.1 Å². The molecule has 110 valence electrons. The summed E-state index contributed by atoms with van der Waals surface area (Å²) in [7, 11) is 3.56. The van der Waals surface area contributed by atoms with Crippen LogP contribution in [0.5, 0.6) is 5.75 Å². The highest BCUT2D eigenvalue weighted by molar-refractivity contribution is 9.10. The monoisotopic (exact) mass is 347 g/mol. The Morgan fingerprint density at radius 3 is 2.29 bits per heavy atom. The second-order valence-corrected chi connectivity index (χ2v) is 5.87. The smallest absolute Gasteiger partial charge is 0.176 e. The summed E-state index contributed by atoms with van der Waals surface area (Å²) in [6.45, 7) is 1.14. The number of ketones is 1. The van der Waals surface area contributed by atoms with Crippen LogP contribution in [0.4, 0.5) is 0 Å². The SMILES string of the molecule is COc1ccc(C(=O)CN(C)Cc2ccc(Br)cc2)cc1. The van der Waals surface area contributed by atoms with E-state index in [9.17, 15) is 4.79 Å². The van der Waals surface area contributed by atoms with Crippen molar-refractivity contribution in [2.45, 2.75) is 6.54 Å². The summed E-state index contributed by atoms with van der Waals surface area (Å²) in [6.07, 6.45) is 0. The number of benzene rings is 2. The third-order valence-electron chi connectivity index (χ3n) is 3.19. The second kappa shape index (κ2) is 7.38.